The molecular formula is C20H35F9OSn. The van der Waals surface area contributed by atoms with Crippen LogP contribution in [0.25, 0.3) is 0 Å². The molecule has 0 aliphatic rings. The van der Waals surface area contributed by atoms with E-state index in [1.807, 2.05) is 0 Å². The molecule has 0 aromatic carbocycles. The van der Waals surface area contributed by atoms with Gasteiger partial charge in [-0.25, -0.2) is 0 Å². The van der Waals surface area contributed by atoms with Crippen molar-refractivity contribution < 1.29 is 42.6 Å². The Morgan fingerprint density at radius 1 is 0.516 bits per heavy atom. The Bertz CT molecular complexity index is 397. The summed E-state index contributed by atoms with van der Waals surface area (Å²) in [4.78, 5) is 0. The number of alkyl halides is 9. The standard InChI is InChI=1S/C8H17O.3C4H6F3.Sn/c1-2-3-4-5-6-7-8-9;3*1-2-3-4(5,6)7;/h2-8H2,1H3;3*1-3H2;/q-1;;;;+1. The number of hydrogen-bond donors (Lipinski definition) is 0. The van der Waals surface area contributed by atoms with Crippen LogP contribution in [0.3, 0.4) is 0 Å². The van der Waals surface area contributed by atoms with Crippen LogP contribution < -0.4 is 0 Å². The molecule has 188 valence electrons. The van der Waals surface area contributed by atoms with E-state index in [1.54, 1.807) is 0 Å². The van der Waals surface area contributed by atoms with E-state index in [-0.39, 0.29) is 39.2 Å². The fraction of sp³-hybridized carbons (Fsp3) is 1.00. The van der Waals surface area contributed by atoms with E-state index >= 15 is 0 Å². The first-order chi connectivity index (χ1) is 14.2. The van der Waals surface area contributed by atoms with Gasteiger partial charge in [-0.2, -0.15) is 0 Å². The number of halogens is 9. The second-order valence-corrected chi connectivity index (χ2v) is 20.1. The quantitative estimate of drug-likeness (QED) is 0.0946. The molecule has 1 nitrogen and oxygen atoms in total. The maximum absolute atomic E-state index is 12.6. The first-order valence-electron chi connectivity index (χ1n) is 11.0. The summed E-state index contributed by atoms with van der Waals surface area (Å²) in [6, 6.07) is 0. The minimum atomic E-state index is -4.41. The van der Waals surface area contributed by atoms with Gasteiger partial charge in [-0.3, -0.25) is 0 Å². The van der Waals surface area contributed by atoms with Crippen molar-refractivity contribution in [1.82, 2.24) is 0 Å². The van der Waals surface area contributed by atoms with Gasteiger partial charge in [-0.05, 0) is 0 Å². The average molecular weight is 581 g/mol. The van der Waals surface area contributed by atoms with Gasteiger partial charge in [-0.15, -0.1) is 0 Å². The zero-order chi connectivity index (χ0) is 24.0. The molecule has 0 saturated heterocycles. The predicted molar refractivity (Wildman–Crippen MR) is 105 cm³/mol. The zero-order valence-corrected chi connectivity index (χ0v) is 21.0. The van der Waals surface area contributed by atoms with E-state index < -0.39 is 56.6 Å². The molecule has 0 saturated carbocycles. The molecule has 0 aliphatic heterocycles. The van der Waals surface area contributed by atoms with E-state index in [0.29, 0.717) is 6.42 Å². The van der Waals surface area contributed by atoms with E-state index in [1.165, 1.54) is 0 Å². The number of unbranched alkanes of at least 4 members (excludes halogenated alkanes) is 5. The van der Waals surface area contributed by atoms with Crippen LogP contribution in [-0.2, 0) is 3.07 Å². The van der Waals surface area contributed by atoms with Crippen LogP contribution in [0.4, 0.5) is 39.5 Å². The molecule has 0 aromatic heterocycles. The molecule has 0 fully saturated rings. The van der Waals surface area contributed by atoms with Crippen molar-refractivity contribution >= 4 is 18.8 Å². The van der Waals surface area contributed by atoms with Crippen molar-refractivity contribution in [1.29, 1.82) is 0 Å². The van der Waals surface area contributed by atoms with Gasteiger partial charge in [0.2, 0.25) is 0 Å². The molecule has 0 spiro atoms. The van der Waals surface area contributed by atoms with Gasteiger partial charge in [0, 0.05) is 0 Å². The molecule has 0 N–H and O–H groups in total. The van der Waals surface area contributed by atoms with E-state index in [4.69, 9.17) is 3.07 Å². The van der Waals surface area contributed by atoms with Crippen molar-refractivity contribution in [3.63, 3.8) is 0 Å². The van der Waals surface area contributed by atoms with Gasteiger partial charge in [0.15, 0.2) is 0 Å². The molecule has 0 amide bonds. The number of hydrogen-bond acceptors (Lipinski definition) is 1. The molecule has 0 atom stereocenters. The Balaban J connectivity index is 5.05. The second kappa shape index (κ2) is 15.1. The van der Waals surface area contributed by atoms with Crippen LogP contribution in [0.2, 0.25) is 13.3 Å². The van der Waals surface area contributed by atoms with E-state index in [9.17, 15) is 39.5 Å². The molecule has 0 heterocycles. The molecule has 0 radical (unpaired) electrons. The summed E-state index contributed by atoms with van der Waals surface area (Å²) in [6.07, 6.45) is -11.8. The minimum absolute atomic E-state index is 0.000259. The van der Waals surface area contributed by atoms with Crippen LogP contribution in [0.15, 0.2) is 0 Å². The Labute approximate surface area is 183 Å². The normalized spacial score (nSPS) is 13.7. The molecule has 0 unspecified atom stereocenters. The summed E-state index contributed by atoms with van der Waals surface area (Å²) in [5.74, 6) is 0. The summed E-state index contributed by atoms with van der Waals surface area (Å²) in [5, 5.41) is 0. The van der Waals surface area contributed by atoms with E-state index in [0.717, 1.165) is 32.1 Å². The Morgan fingerprint density at radius 3 is 1.23 bits per heavy atom. The average Bonchev–Trinajstić information content (AvgIpc) is 2.57. The SMILES string of the molecule is CCCCCCCC[O][Sn]([CH2]CCC(F)(F)F)([CH2]CCC(F)(F)F)[CH2]CCC(F)(F)F. The van der Waals surface area contributed by atoms with Gasteiger partial charge in [0.25, 0.3) is 0 Å². The van der Waals surface area contributed by atoms with Crippen molar-refractivity contribution in [3.8, 4) is 0 Å². The molecule has 31 heavy (non-hydrogen) atoms. The summed E-state index contributed by atoms with van der Waals surface area (Å²) in [7, 11) is 0. The summed E-state index contributed by atoms with van der Waals surface area (Å²) in [5.41, 5.74) is 0. The molecule has 0 rings (SSSR count). The third kappa shape index (κ3) is 20.5. The van der Waals surface area contributed by atoms with E-state index in [2.05, 4.69) is 6.92 Å². The van der Waals surface area contributed by atoms with Crippen molar-refractivity contribution in [2.45, 2.75) is 116 Å². The van der Waals surface area contributed by atoms with Crippen LogP contribution >= 0.6 is 0 Å². The van der Waals surface area contributed by atoms with Crippen molar-refractivity contribution in [2.24, 2.45) is 0 Å². The molecule has 11 heteroatoms. The number of rotatable bonds is 17. The van der Waals surface area contributed by atoms with Crippen molar-refractivity contribution in [2.75, 3.05) is 6.61 Å². The fourth-order valence-electron chi connectivity index (χ4n) is 3.60. The second-order valence-electron chi connectivity index (χ2n) is 8.21. The Morgan fingerprint density at radius 2 is 0.871 bits per heavy atom. The summed E-state index contributed by atoms with van der Waals surface area (Å²) < 4.78 is 119. The predicted octanol–water partition coefficient (Wildman–Crippen LogP) is 9.34. The Kier molecular flexibility index (Phi) is 15.2. The topological polar surface area (TPSA) is 9.23 Å². The van der Waals surface area contributed by atoms with Crippen LogP contribution in [0.1, 0.15) is 84.0 Å². The van der Waals surface area contributed by atoms with Crippen molar-refractivity contribution in [3.05, 3.63) is 0 Å². The zero-order valence-electron chi connectivity index (χ0n) is 18.1. The first-order valence-corrected chi connectivity index (χ1v) is 18.2. The Hall–Kier alpha value is 0.129. The molecule has 0 aromatic rings. The maximum atomic E-state index is 12.6. The molecular weight excluding hydrogens is 546 g/mol. The monoisotopic (exact) mass is 582 g/mol. The van der Waals surface area contributed by atoms with Gasteiger partial charge in [-0.1, -0.05) is 0 Å². The third-order valence-electron chi connectivity index (χ3n) is 5.18. The molecule has 0 aliphatic carbocycles. The van der Waals surface area contributed by atoms with Gasteiger partial charge >= 0.3 is 184 Å². The third-order valence-corrected chi connectivity index (χ3v) is 18.3. The van der Waals surface area contributed by atoms with Crippen LogP contribution in [0, 0.1) is 0 Å². The molecule has 0 bridgehead atoms. The van der Waals surface area contributed by atoms with Crippen LogP contribution in [-0.4, -0.2) is 43.9 Å². The van der Waals surface area contributed by atoms with Crippen LogP contribution in [0.5, 0.6) is 0 Å². The summed E-state index contributed by atoms with van der Waals surface area (Å²) >= 11 is -4.08. The fourth-order valence-corrected chi connectivity index (χ4v) is 15.7. The van der Waals surface area contributed by atoms with Gasteiger partial charge in [0.1, 0.15) is 0 Å². The summed E-state index contributed by atoms with van der Waals surface area (Å²) in [6.45, 7) is 2.28. The first kappa shape index (κ1) is 31.1. The van der Waals surface area contributed by atoms with Gasteiger partial charge in [0.05, 0.1) is 0 Å². The van der Waals surface area contributed by atoms with Gasteiger partial charge < -0.3 is 0 Å².